The average Bonchev–Trinajstić information content (AvgIpc) is 2.56. The van der Waals surface area contributed by atoms with E-state index < -0.39 is 0 Å². The van der Waals surface area contributed by atoms with Crippen molar-refractivity contribution in [2.24, 2.45) is 0 Å². The van der Waals surface area contributed by atoms with E-state index in [-0.39, 0.29) is 0 Å². The number of hydrogen-bond acceptors (Lipinski definition) is 4. The van der Waals surface area contributed by atoms with Gasteiger partial charge in [-0.25, -0.2) is 0 Å². The minimum absolute atomic E-state index is 1.18. The van der Waals surface area contributed by atoms with Gasteiger partial charge in [0.2, 0.25) is 0 Å². The van der Waals surface area contributed by atoms with Gasteiger partial charge < -0.3 is 20.0 Å². The fourth-order valence-corrected chi connectivity index (χ4v) is 2.78. The lowest BCUT2D eigenvalue weighted by molar-refractivity contribution is 0.212. The molecule has 2 saturated heterocycles. The lowest BCUT2D eigenvalue weighted by atomic mass is 10.3. The van der Waals surface area contributed by atoms with Crippen LogP contribution >= 0.6 is 0 Å². The number of likely N-dealkylation sites (N-methyl/N-ethyl adjacent to an activating group) is 1. The Morgan fingerprint density at radius 2 is 1.53 bits per heavy atom. The van der Waals surface area contributed by atoms with Crippen LogP contribution in [0.25, 0.3) is 0 Å². The monoisotopic (exact) mass is 240 g/mol. The van der Waals surface area contributed by atoms with Crippen LogP contribution in [-0.4, -0.2) is 87.2 Å². The van der Waals surface area contributed by atoms with Gasteiger partial charge in [-0.1, -0.05) is 0 Å². The average molecular weight is 240 g/mol. The van der Waals surface area contributed by atoms with Crippen molar-refractivity contribution in [1.82, 2.24) is 20.0 Å². The number of nitrogens with zero attached hydrogens (tertiary/aromatic N) is 3. The third-order valence-electron chi connectivity index (χ3n) is 3.97. The maximum Gasteiger partial charge on any atom is 0.0109 e. The summed E-state index contributed by atoms with van der Waals surface area (Å²) in [6.45, 7) is 12.5. The zero-order valence-corrected chi connectivity index (χ0v) is 11.3. The Bertz CT molecular complexity index is 204. The molecule has 0 atom stereocenters. The molecule has 1 N–H and O–H groups in total. The Kier molecular flexibility index (Phi) is 5.71. The summed E-state index contributed by atoms with van der Waals surface area (Å²) < 4.78 is 0. The fourth-order valence-electron chi connectivity index (χ4n) is 2.78. The summed E-state index contributed by atoms with van der Waals surface area (Å²) in [4.78, 5) is 7.70. The number of nitrogens with one attached hydrogen (secondary N) is 1. The van der Waals surface area contributed by atoms with Gasteiger partial charge in [0.05, 0.1) is 0 Å². The molecule has 0 bridgehead atoms. The van der Waals surface area contributed by atoms with Gasteiger partial charge in [-0.05, 0) is 46.1 Å². The number of piperazine rings is 1. The van der Waals surface area contributed by atoms with E-state index in [2.05, 4.69) is 27.1 Å². The van der Waals surface area contributed by atoms with Crippen LogP contribution in [0.2, 0.25) is 0 Å². The van der Waals surface area contributed by atoms with Gasteiger partial charge >= 0.3 is 0 Å². The summed E-state index contributed by atoms with van der Waals surface area (Å²) in [5.41, 5.74) is 0. The van der Waals surface area contributed by atoms with E-state index in [1.807, 2.05) is 0 Å². The summed E-state index contributed by atoms with van der Waals surface area (Å²) >= 11 is 0. The first kappa shape index (κ1) is 13.3. The van der Waals surface area contributed by atoms with E-state index in [1.165, 1.54) is 78.3 Å². The van der Waals surface area contributed by atoms with Crippen molar-refractivity contribution >= 4 is 0 Å². The molecule has 2 aliphatic rings. The molecule has 17 heavy (non-hydrogen) atoms. The zero-order chi connectivity index (χ0) is 11.9. The van der Waals surface area contributed by atoms with E-state index in [1.54, 1.807) is 0 Å². The number of hydrogen-bond donors (Lipinski definition) is 1. The summed E-state index contributed by atoms with van der Waals surface area (Å²) in [6, 6.07) is 0. The molecule has 0 aromatic carbocycles. The molecule has 2 aliphatic heterocycles. The van der Waals surface area contributed by atoms with Crippen LogP contribution in [0, 0.1) is 0 Å². The van der Waals surface area contributed by atoms with Gasteiger partial charge in [-0.15, -0.1) is 0 Å². The Morgan fingerprint density at radius 1 is 0.824 bits per heavy atom. The van der Waals surface area contributed by atoms with Crippen molar-refractivity contribution in [1.29, 1.82) is 0 Å². The van der Waals surface area contributed by atoms with Gasteiger partial charge in [0.15, 0.2) is 0 Å². The van der Waals surface area contributed by atoms with Crippen molar-refractivity contribution in [2.75, 3.05) is 72.5 Å². The highest BCUT2D eigenvalue weighted by atomic mass is 15.2. The van der Waals surface area contributed by atoms with Gasteiger partial charge in [0.1, 0.15) is 0 Å². The molecule has 0 aliphatic carbocycles. The van der Waals surface area contributed by atoms with Crippen molar-refractivity contribution in [2.45, 2.75) is 12.8 Å². The molecular weight excluding hydrogens is 212 g/mol. The molecule has 0 amide bonds. The molecule has 0 saturated carbocycles. The quantitative estimate of drug-likeness (QED) is 0.742. The van der Waals surface area contributed by atoms with Gasteiger partial charge in [0, 0.05) is 39.3 Å². The molecule has 0 spiro atoms. The fraction of sp³-hybridized carbons (Fsp3) is 1.00. The van der Waals surface area contributed by atoms with Crippen LogP contribution in [0.3, 0.4) is 0 Å². The second-order valence-corrected chi connectivity index (χ2v) is 5.44. The third kappa shape index (κ3) is 4.92. The molecule has 4 heteroatoms. The summed E-state index contributed by atoms with van der Waals surface area (Å²) in [7, 11) is 2.24. The molecule has 0 unspecified atom stereocenters. The van der Waals surface area contributed by atoms with Crippen molar-refractivity contribution < 1.29 is 0 Å². The van der Waals surface area contributed by atoms with Gasteiger partial charge in [-0.3, -0.25) is 0 Å². The first-order valence-electron chi connectivity index (χ1n) is 7.18. The Balaban J connectivity index is 1.57. The largest absolute Gasteiger partial charge is 0.314 e. The molecular formula is C13H28N4. The third-order valence-corrected chi connectivity index (χ3v) is 3.97. The molecule has 0 aromatic heterocycles. The van der Waals surface area contributed by atoms with Crippen LogP contribution in [0.5, 0.6) is 0 Å². The standard InChI is InChI=1S/C13H28N4/c1-15-6-2-7-16(13-12-15)8-3-9-17-10-4-14-5-11-17/h14H,2-13H2,1H3. The van der Waals surface area contributed by atoms with Crippen LogP contribution in [-0.2, 0) is 0 Å². The Morgan fingerprint density at radius 3 is 2.29 bits per heavy atom. The van der Waals surface area contributed by atoms with Crippen LogP contribution in [0.1, 0.15) is 12.8 Å². The second kappa shape index (κ2) is 7.31. The van der Waals surface area contributed by atoms with Crippen molar-refractivity contribution in [3.05, 3.63) is 0 Å². The highest BCUT2D eigenvalue weighted by molar-refractivity contribution is 4.70. The van der Waals surface area contributed by atoms with Crippen molar-refractivity contribution in [3.63, 3.8) is 0 Å². The Labute approximate surface area is 106 Å². The minimum Gasteiger partial charge on any atom is -0.314 e. The predicted molar refractivity (Wildman–Crippen MR) is 72.5 cm³/mol. The highest BCUT2D eigenvalue weighted by Crippen LogP contribution is 2.03. The Hall–Kier alpha value is -0.160. The highest BCUT2D eigenvalue weighted by Gasteiger charge is 2.13. The number of rotatable bonds is 4. The molecule has 0 radical (unpaired) electrons. The lowest BCUT2D eigenvalue weighted by Gasteiger charge is -2.28. The maximum absolute atomic E-state index is 3.41. The van der Waals surface area contributed by atoms with Crippen LogP contribution in [0.4, 0.5) is 0 Å². The smallest absolute Gasteiger partial charge is 0.0109 e. The molecule has 2 heterocycles. The lowest BCUT2D eigenvalue weighted by Crippen LogP contribution is -2.44. The topological polar surface area (TPSA) is 21.8 Å². The van der Waals surface area contributed by atoms with E-state index in [4.69, 9.17) is 0 Å². The van der Waals surface area contributed by atoms with E-state index in [0.717, 1.165) is 0 Å². The molecule has 2 rings (SSSR count). The first-order chi connectivity index (χ1) is 8.34. The van der Waals surface area contributed by atoms with Crippen LogP contribution in [0.15, 0.2) is 0 Å². The van der Waals surface area contributed by atoms with Crippen molar-refractivity contribution in [3.8, 4) is 0 Å². The SMILES string of the molecule is CN1CCCN(CCCN2CCNCC2)CC1. The summed E-state index contributed by atoms with van der Waals surface area (Å²) in [5, 5.41) is 3.41. The maximum atomic E-state index is 3.41. The molecule has 0 aromatic rings. The van der Waals surface area contributed by atoms with E-state index in [0.29, 0.717) is 0 Å². The van der Waals surface area contributed by atoms with E-state index in [9.17, 15) is 0 Å². The van der Waals surface area contributed by atoms with Gasteiger partial charge in [0.25, 0.3) is 0 Å². The first-order valence-corrected chi connectivity index (χ1v) is 7.18. The molecule has 100 valence electrons. The normalized spacial score (nSPS) is 25.9. The van der Waals surface area contributed by atoms with Crippen LogP contribution < -0.4 is 5.32 Å². The van der Waals surface area contributed by atoms with E-state index >= 15 is 0 Å². The molecule has 2 fully saturated rings. The zero-order valence-electron chi connectivity index (χ0n) is 11.3. The minimum atomic E-state index is 1.18. The van der Waals surface area contributed by atoms with Gasteiger partial charge in [-0.2, -0.15) is 0 Å². The summed E-state index contributed by atoms with van der Waals surface area (Å²) in [6.07, 6.45) is 2.67. The molecule has 4 nitrogen and oxygen atoms in total. The second-order valence-electron chi connectivity index (χ2n) is 5.44. The summed E-state index contributed by atoms with van der Waals surface area (Å²) in [5.74, 6) is 0. The predicted octanol–water partition coefficient (Wildman–Crippen LogP) is -0.0808.